The van der Waals surface area contributed by atoms with E-state index in [9.17, 15) is 9.59 Å². The highest BCUT2D eigenvalue weighted by Crippen LogP contribution is 2.56. The number of carbonyl (C=O) groups excluding carboxylic acids is 2. The molecule has 0 saturated heterocycles. The Hall–Kier alpha value is -0.860. The number of rotatable bonds is 3. The number of Topliss-reactive ketones (excluding diaryl/α,β-unsaturated/α-hetero) is 1. The van der Waals surface area contributed by atoms with Crippen molar-refractivity contribution < 1.29 is 14.3 Å². The number of esters is 1. The van der Waals surface area contributed by atoms with Crippen LogP contribution in [0.15, 0.2) is 0 Å². The van der Waals surface area contributed by atoms with E-state index >= 15 is 0 Å². The summed E-state index contributed by atoms with van der Waals surface area (Å²) in [6.07, 6.45) is 4.59. The molecule has 4 bridgehead atoms. The van der Waals surface area contributed by atoms with Crippen LogP contribution >= 0.6 is 0 Å². The lowest BCUT2D eigenvalue weighted by Crippen LogP contribution is -2.57. The van der Waals surface area contributed by atoms with Crippen molar-refractivity contribution in [1.82, 2.24) is 0 Å². The monoisotopic (exact) mass is 278 g/mol. The zero-order valence-corrected chi connectivity index (χ0v) is 13.1. The minimum atomic E-state index is -0.451. The van der Waals surface area contributed by atoms with Gasteiger partial charge in [-0.1, -0.05) is 13.8 Å². The molecule has 0 spiro atoms. The molecule has 2 unspecified atom stereocenters. The number of hydrogen-bond acceptors (Lipinski definition) is 3. The molecule has 4 fully saturated rings. The first kappa shape index (κ1) is 14.1. The van der Waals surface area contributed by atoms with Crippen LogP contribution in [0.5, 0.6) is 0 Å². The Bertz CT molecular complexity index is 431. The van der Waals surface area contributed by atoms with Crippen molar-refractivity contribution in [2.24, 2.45) is 29.1 Å². The molecule has 0 amide bonds. The third-order valence-corrected chi connectivity index (χ3v) is 6.22. The minimum Gasteiger partial charge on any atom is -0.459 e. The smallest absolute Gasteiger partial charge is 0.312 e. The molecule has 0 heterocycles. The van der Waals surface area contributed by atoms with Gasteiger partial charge in [-0.3, -0.25) is 9.59 Å². The molecule has 4 saturated carbocycles. The van der Waals surface area contributed by atoms with Crippen LogP contribution in [-0.4, -0.2) is 17.4 Å². The topological polar surface area (TPSA) is 43.4 Å². The molecule has 0 radical (unpaired) electrons. The summed E-state index contributed by atoms with van der Waals surface area (Å²) in [5.41, 5.74) is -0.777. The first-order chi connectivity index (χ1) is 9.23. The average molecular weight is 278 g/mol. The SMILES string of the molecule is CC(C)C(C)(C)C(=O)OC12CC3CC(C1)C(=O)C(C3)C2. The van der Waals surface area contributed by atoms with Crippen molar-refractivity contribution in [3.05, 3.63) is 0 Å². The van der Waals surface area contributed by atoms with Crippen LogP contribution in [0.25, 0.3) is 0 Å². The van der Waals surface area contributed by atoms with Crippen molar-refractivity contribution in [2.45, 2.75) is 65.4 Å². The molecule has 4 aliphatic rings. The Morgan fingerprint density at radius 1 is 1.20 bits per heavy atom. The Morgan fingerprint density at radius 3 is 2.25 bits per heavy atom. The van der Waals surface area contributed by atoms with Crippen molar-refractivity contribution in [1.29, 1.82) is 0 Å². The molecule has 112 valence electrons. The quantitative estimate of drug-likeness (QED) is 0.743. The van der Waals surface area contributed by atoms with E-state index in [1.54, 1.807) is 0 Å². The standard InChI is InChI=1S/C17H26O3/c1-10(2)16(3,4)15(19)20-17-7-11-5-12(8-17)14(18)13(6-11)9-17/h10-13H,5-9H2,1-4H3. The highest BCUT2D eigenvalue weighted by atomic mass is 16.6. The fourth-order valence-corrected chi connectivity index (χ4v) is 4.36. The maximum Gasteiger partial charge on any atom is 0.312 e. The lowest BCUT2D eigenvalue weighted by molar-refractivity contribution is -0.198. The lowest BCUT2D eigenvalue weighted by Gasteiger charge is -2.55. The molecule has 0 aromatic carbocycles. The van der Waals surface area contributed by atoms with E-state index in [2.05, 4.69) is 13.8 Å². The third kappa shape index (κ3) is 2.01. The van der Waals surface area contributed by atoms with Crippen LogP contribution in [0.2, 0.25) is 0 Å². The summed E-state index contributed by atoms with van der Waals surface area (Å²) in [6, 6.07) is 0. The van der Waals surface area contributed by atoms with Gasteiger partial charge in [-0.15, -0.1) is 0 Å². The molecule has 4 rings (SSSR count). The lowest BCUT2D eigenvalue weighted by atomic mass is 9.53. The van der Waals surface area contributed by atoms with Crippen LogP contribution in [0.4, 0.5) is 0 Å². The van der Waals surface area contributed by atoms with Crippen molar-refractivity contribution in [3.8, 4) is 0 Å². The van der Waals surface area contributed by atoms with Gasteiger partial charge in [0.1, 0.15) is 11.4 Å². The summed E-state index contributed by atoms with van der Waals surface area (Å²) in [5, 5.41) is 0. The Labute approximate surface area is 121 Å². The molecule has 3 nitrogen and oxygen atoms in total. The molecule has 0 aromatic heterocycles. The number of ketones is 1. The van der Waals surface area contributed by atoms with Crippen molar-refractivity contribution in [3.63, 3.8) is 0 Å². The molecule has 2 atom stereocenters. The van der Waals surface area contributed by atoms with Crippen LogP contribution in [-0.2, 0) is 14.3 Å². The van der Waals surface area contributed by atoms with Crippen molar-refractivity contribution >= 4 is 11.8 Å². The van der Waals surface area contributed by atoms with E-state index in [1.807, 2.05) is 13.8 Å². The maximum atomic E-state index is 12.6. The van der Waals surface area contributed by atoms with E-state index in [1.165, 1.54) is 0 Å². The van der Waals surface area contributed by atoms with Gasteiger partial charge in [-0.2, -0.15) is 0 Å². The molecule has 3 heteroatoms. The highest BCUT2D eigenvalue weighted by Gasteiger charge is 2.57. The third-order valence-electron chi connectivity index (χ3n) is 6.22. The second kappa shape index (κ2) is 4.32. The molecule has 0 aromatic rings. The molecular weight excluding hydrogens is 252 g/mol. The van der Waals surface area contributed by atoms with E-state index < -0.39 is 5.41 Å². The summed E-state index contributed by atoms with van der Waals surface area (Å²) in [7, 11) is 0. The second-order valence-electron chi connectivity index (χ2n) is 8.19. The Kier molecular flexibility index (Phi) is 3.04. The minimum absolute atomic E-state index is 0.0816. The van der Waals surface area contributed by atoms with Crippen LogP contribution < -0.4 is 0 Å². The van der Waals surface area contributed by atoms with E-state index in [0.717, 1.165) is 32.1 Å². The first-order valence-corrected chi connectivity index (χ1v) is 8.01. The van der Waals surface area contributed by atoms with Crippen LogP contribution in [0.1, 0.15) is 59.8 Å². The Morgan fingerprint density at radius 2 is 1.75 bits per heavy atom. The molecule has 0 N–H and O–H groups in total. The Balaban J connectivity index is 1.78. The molecule has 4 aliphatic carbocycles. The van der Waals surface area contributed by atoms with Crippen LogP contribution in [0.3, 0.4) is 0 Å². The van der Waals surface area contributed by atoms with Gasteiger partial charge in [0.2, 0.25) is 0 Å². The number of ether oxygens (including phenoxy) is 1. The van der Waals surface area contributed by atoms with E-state index in [-0.39, 0.29) is 29.3 Å². The number of carbonyl (C=O) groups is 2. The molecule has 0 aliphatic heterocycles. The fraction of sp³-hybridized carbons (Fsp3) is 0.882. The maximum absolute atomic E-state index is 12.6. The van der Waals surface area contributed by atoms with Gasteiger partial charge < -0.3 is 4.74 Å². The summed E-state index contributed by atoms with van der Waals surface area (Å²) in [5.74, 6) is 1.54. The van der Waals surface area contributed by atoms with E-state index in [4.69, 9.17) is 4.74 Å². The normalized spacial score (nSPS) is 39.5. The summed E-state index contributed by atoms with van der Waals surface area (Å²) in [6.45, 7) is 8.05. The average Bonchev–Trinajstić information content (AvgIpc) is 2.34. The van der Waals surface area contributed by atoms with Crippen molar-refractivity contribution in [2.75, 3.05) is 0 Å². The van der Waals surface area contributed by atoms with Gasteiger partial charge in [0, 0.05) is 11.8 Å². The highest BCUT2D eigenvalue weighted by molar-refractivity contribution is 5.86. The summed E-state index contributed by atoms with van der Waals surface area (Å²) < 4.78 is 6.03. The second-order valence-corrected chi connectivity index (χ2v) is 8.19. The zero-order valence-electron chi connectivity index (χ0n) is 13.1. The number of hydrogen-bond donors (Lipinski definition) is 0. The van der Waals surface area contributed by atoms with Gasteiger partial charge in [-0.25, -0.2) is 0 Å². The van der Waals surface area contributed by atoms with Gasteiger partial charge in [-0.05, 0) is 57.8 Å². The first-order valence-electron chi connectivity index (χ1n) is 8.01. The summed E-state index contributed by atoms with van der Waals surface area (Å²) >= 11 is 0. The largest absolute Gasteiger partial charge is 0.459 e. The van der Waals surface area contributed by atoms with Gasteiger partial charge >= 0.3 is 5.97 Å². The van der Waals surface area contributed by atoms with Crippen LogP contribution in [0, 0.1) is 29.1 Å². The predicted octanol–water partition coefficient (Wildman–Crippen LogP) is 3.36. The van der Waals surface area contributed by atoms with E-state index in [0.29, 0.717) is 11.7 Å². The van der Waals surface area contributed by atoms with Gasteiger partial charge in [0.15, 0.2) is 0 Å². The van der Waals surface area contributed by atoms with Gasteiger partial charge in [0.25, 0.3) is 0 Å². The zero-order chi connectivity index (χ0) is 14.7. The fourth-order valence-electron chi connectivity index (χ4n) is 4.36. The molecule has 20 heavy (non-hydrogen) atoms. The van der Waals surface area contributed by atoms with Gasteiger partial charge in [0.05, 0.1) is 5.41 Å². The summed E-state index contributed by atoms with van der Waals surface area (Å²) in [4.78, 5) is 24.7. The predicted molar refractivity (Wildman–Crippen MR) is 76.0 cm³/mol. The molecular formula is C17H26O3.